The highest BCUT2D eigenvalue weighted by Crippen LogP contribution is 1.79. The molecule has 0 aliphatic heterocycles. The fourth-order valence-electron chi connectivity index (χ4n) is 0.570. The van der Waals surface area contributed by atoms with Gasteiger partial charge in [-0.15, -0.1) is 0 Å². The number of hydrogen-bond acceptors (Lipinski definition) is 2. The molecule has 0 atom stereocenters. The van der Waals surface area contributed by atoms with Crippen LogP contribution >= 0.6 is 0 Å². The van der Waals surface area contributed by atoms with Crippen molar-refractivity contribution in [2.75, 3.05) is 13.6 Å². The Morgan fingerprint density at radius 3 is 2.70 bits per heavy atom. The molecule has 0 saturated carbocycles. The number of aliphatic imine (C=N–C) groups is 2. The van der Waals surface area contributed by atoms with Crippen LogP contribution in [0.3, 0.4) is 0 Å². The zero-order valence-electron chi connectivity index (χ0n) is 6.83. The van der Waals surface area contributed by atoms with Gasteiger partial charge < -0.3 is 0 Å². The Morgan fingerprint density at radius 2 is 2.20 bits per heavy atom. The Labute approximate surface area is 62.4 Å². The Bertz CT molecular complexity index is 155. The quantitative estimate of drug-likeness (QED) is 0.530. The highest BCUT2D eigenvalue weighted by molar-refractivity contribution is 5.95. The van der Waals surface area contributed by atoms with Gasteiger partial charge in [-0.1, -0.05) is 0 Å². The minimum atomic E-state index is 0.847. The molecule has 0 heterocycles. The molecule has 0 spiro atoms. The van der Waals surface area contributed by atoms with Crippen LogP contribution in [0.4, 0.5) is 0 Å². The van der Waals surface area contributed by atoms with E-state index in [9.17, 15) is 0 Å². The number of allylic oxidation sites excluding steroid dienone is 2. The summed E-state index contributed by atoms with van der Waals surface area (Å²) in [5.74, 6) is 0. The van der Waals surface area contributed by atoms with E-state index in [4.69, 9.17) is 0 Å². The SMILES string of the molecule is CCN=C(C)/C=C\C=NC. The minimum Gasteiger partial charge on any atom is -0.297 e. The monoisotopic (exact) mass is 138 g/mol. The van der Waals surface area contributed by atoms with Crippen molar-refractivity contribution in [2.24, 2.45) is 9.98 Å². The standard InChI is InChI=1S/C8H14N2/c1-4-10-8(2)6-5-7-9-3/h5-7H,4H2,1-3H3/b6-5-,9-7?,10-8?. The lowest BCUT2D eigenvalue weighted by atomic mass is 10.4. The third-order valence-corrected chi connectivity index (χ3v) is 0.980. The number of hydrogen-bond donors (Lipinski definition) is 0. The molecule has 0 aliphatic rings. The molecular formula is C8H14N2. The molecule has 0 fully saturated rings. The predicted octanol–water partition coefficient (Wildman–Crippen LogP) is 1.72. The van der Waals surface area contributed by atoms with Crippen molar-refractivity contribution >= 4 is 11.9 Å². The first-order valence-corrected chi connectivity index (χ1v) is 3.41. The third kappa shape index (κ3) is 5.22. The minimum absolute atomic E-state index is 0.847. The van der Waals surface area contributed by atoms with E-state index in [-0.39, 0.29) is 0 Å². The van der Waals surface area contributed by atoms with Crippen LogP contribution in [-0.4, -0.2) is 25.5 Å². The Balaban J connectivity index is 3.76. The van der Waals surface area contributed by atoms with Crippen LogP contribution in [0, 0.1) is 0 Å². The molecule has 0 aromatic rings. The highest BCUT2D eigenvalue weighted by Gasteiger charge is 1.76. The van der Waals surface area contributed by atoms with Gasteiger partial charge in [-0.3, -0.25) is 9.98 Å². The molecule has 0 bridgehead atoms. The van der Waals surface area contributed by atoms with Crippen molar-refractivity contribution in [3.8, 4) is 0 Å². The van der Waals surface area contributed by atoms with E-state index in [0.29, 0.717) is 0 Å². The van der Waals surface area contributed by atoms with Crippen LogP contribution < -0.4 is 0 Å². The summed E-state index contributed by atoms with van der Waals surface area (Å²) in [6, 6.07) is 0. The molecule has 2 heteroatoms. The zero-order valence-corrected chi connectivity index (χ0v) is 6.83. The Hall–Kier alpha value is -0.920. The second-order valence-electron chi connectivity index (χ2n) is 1.88. The van der Waals surface area contributed by atoms with Gasteiger partial charge >= 0.3 is 0 Å². The molecule has 0 aromatic carbocycles. The lowest BCUT2D eigenvalue weighted by molar-refractivity contribution is 1.13. The van der Waals surface area contributed by atoms with Crippen molar-refractivity contribution in [1.29, 1.82) is 0 Å². The number of rotatable bonds is 3. The lowest BCUT2D eigenvalue weighted by Gasteiger charge is -1.86. The maximum absolute atomic E-state index is 4.16. The van der Waals surface area contributed by atoms with Crippen molar-refractivity contribution in [2.45, 2.75) is 13.8 Å². The van der Waals surface area contributed by atoms with Gasteiger partial charge in [0.2, 0.25) is 0 Å². The molecule has 0 aromatic heterocycles. The molecule has 0 amide bonds. The molecule has 0 rings (SSSR count). The second kappa shape index (κ2) is 6.20. The van der Waals surface area contributed by atoms with E-state index in [1.807, 2.05) is 26.0 Å². The zero-order chi connectivity index (χ0) is 7.82. The van der Waals surface area contributed by atoms with Gasteiger partial charge in [0.25, 0.3) is 0 Å². The largest absolute Gasteiger partial charge is 0.297 e. The maximum Gasteiger partial charge on any atom is 0.0364 e. The van der Waals surface area contributed by atoms with Gasteiger partial charge in [0.1, 0.15) is 0 Å². The molecule has 0 saturated heterocycles. The first kappa shape index (κ1) is 9.08. The van der Waals surface area contributed by atoms with Crippen molar-refractivity contribution in [3.05, 3.63) is 12.2 Å². The van der Waals surface area contributed by atoms with Crippen molar-refractivity contribution in [3.63, 3.8) is 0 Å². The molecule has 0 unspecified atom stereocenters. The summed E-state index contributed by atoms with van der Waals surface area (Å²) < 4.78 is 0. The van der Waals surface area contributed by atoms with Crippen LogP contribution in [0.25, 0.3) is 0 Å². The fourth-order valence-corrected chi connectivity index (χ4v) is 0.570. The smallest absolute Gasteiger partial charge is 0.0364 e. The van der Waals surface area contributed by atoms with Crippen molar-refractivity contribution < 1.29 is 0 Å². The van der Waals surface area contributed by atoms with Gasteiger partial charge in [-0.25, -0.2) is 0 Å². The molecule has 0 aliphatic carbocycles. The summed E-state index contributed by atoms with van der Waals surface area (Å²) in [6.45, 7) is 4.84. The summed E-state index contributed by atoms with van der Waals surface area (Å²) in [6.07, 6.45) is 5.57. The fraction of sp³-hybridized carbons (Fsp3) is 0.500. The molecule has 56 valence electrons. The van der Waals surface area contributed by atoms with Crippen LogP contribution in [0.5, 0.6) is 0 Å². The van der Waals surface area contributed by atoms with Gasteiger partial charge in [-0.05, 0) is 26.0 Å². The predicted molar refractivity (Wildman–Crippen MR) is 47.2 cm³/mol. The first-order chi connectivity index (χ1) is 4.81. The normalized spacial score (nSPS) is 13.7. The van der Waals surface area contributed by atoms with Crippen LogP contribution in [-0.2, 0) is 0 Å². The second-order valence-corrected chi connectivity index (χ2v) is 1.88. The first-order valence-electron chi connectivity index (χ1n) is 3.41. The summed E-state index contributed by atoms with van der Waals surface area (Å²) >= 11 is 0. The van der Waals surface area contributed by atoms with E-state index in [1.165, 1.54) is 0 Å². The van der Waals surface area contributed by atoms with Crippen LogP contribution in [0.1, 0.15) is 13.8 Å². The van der Waals surface area contributed by atoms with E-state index < -0.39 is 0 Å². The molecular weight excluding hydrogens is 124 g/mol. The van der Waals surface area contributed by atoms with E-state index in [2.05, 4.69) is 9.98 Å². The van der Waals surface area contributed by atoms with Gasteiger partial charge in [0, 0.05) is 25.5 Å². The average Bonchev–Trinajstić information content (AvgIpc) is 1.89. The van der Waals surface area contributed by atoms with E-state index in [1.54, 1.807) is 13.3 Å². The van der Waals surface area contributed by atoms with E-state index >= 15 is 0 Å². The Kier molecular flexibility index (Phi) is 5.63. The summed E-state index contributed by atoms with van der Waals surface area (Å²) in [7, 11) is 1.75. The van der Waals surface area contributed by atoms with Gasteiger partial charge in [0.05, 0.1) is 0 Å². The topological polar surface area (TPSA) is 24.7 Å². The molecule has 10 heavy (non-hydrogen) atoms. The van der Waals surface area contributed by atoms with Crippen molar-refractivity contribution in [1.82, 2.24) is 0 Å². The molecule has 0 N–H and O–H groups in total. The summed E-state index contributed by atoms with van der Waals surface area (Å²) in [5, 5.41) is 0. The lowest BCUT2D eigenvalue weighted by Crippen LogP contribution is -1.85. The Morgan fingerprint density at radius 1 is 1.50 bits per heavy atom. The maximum atomic E-state index is 4.16. The summed E-state index contributed by atoms with van der Waals surface area (Å²) in [5.41, 5.74) is 1.04. The molecule has 2 nitrogen and oxygen atoms in total. The highest BCUT2D eigenvalue weighted by atomic mass is 14.7. The van der Waals surface area contributed by atoms with Crippen LogP contribution in [0.2, 0.25) is 0 Å². The third-order valence-electron chi connectivity index (χ3n) is 0.980. The van der Waals surface area contributed by atoms with Gasteiger partial charge in [-0.2, -0.15) is 0 Å². The number of nitrogens with zero attached hydrogens (tertiary/aromatic N) is 2. The summed E-state index contributed by atoms with van der Waals surface area (Å²) in [4.78, 5) is 7.97. The average molecular weight is 138 g/mol. The van der Waals surface area contributed by atoms with E-state index in [0.717, 1.165) is 12.3 Å². The van der Waals surface area contributed by atoms with Gasteiger partial charge in [0.15, 0.2) is 0 Å². The molecule has 0 radical (unpaired) electrons. The van der Waals surface area contributed by atoms with Crippen LogP contribution in [0.15, 0.2) is 22.1 Å².